The monoisotopic (exact) mass is 172 g/mol. The van der Waals surface area contributed by atoms with Crippen LogP contribution in [0.2, 0.25) is 0 Å². The Morgan fingerprint density at radius 3 is 1.75 bits per heavy atom. The van der Waals surface area contributed by atoms with Crippen molar-refractivity contribution in [1.82, 2.24) is 0 Å². The SMILES string of the molecule is CC(C)(C)CC(=O)CC(C)(C)O. The fourth-order valence-electron chi connectivity index (χ4n) is 1.14. The summed E-state index contributed by atoms with van der Waals surface area (Å²) in [4.78, 5) is 11.3. The van der Waals surface area contributed by atoms with Crippen molar-refractivity contribution in [2.45, 2.75) is 53.1 Å². The van der Waals surface area contributed by atoms with E-state index >= 15 is 0 Å². The molecule has 0 aromatic heterocycles. The van der Waals surface area contributed by atoms with Gasteiger partial charge in [0.05, 0.1) is 5.60 Å². The third-order valence-electron chi connectivity index (χ3n) is 1.36. The van der Waals surface area contributed by atoms with Gasteiger partial charge in [0.2, 0.25) is 0 Å². The molecule has 0 radical (unpaired) electrons. The molecule has 2 nitrogen and oxygen atoms in total. The van der Waals surface area contributed by atoms with Gasteiger partial charge in [-0.25, -0.2) is 0 Å². The molecule has 0 fully saturated rings. The van der Waals surface area contributed by atoms with Gasteiger partial charge < -0.3 is 5.11 Å². The third-order valence-corrected chi connectivity index (χ3v) is 1.36. The fraction of sp³-hybridized carbons (Fsp3) is 0.900. The van der Waals surface area contributed by atoms with Crippen LogP contribution >= 0.6 is 0 Å². The fourth-order valence-corrected chi connectivity index (χ4v) is 1.14. The van der Waals surface area contributed by atoms with Crippen LogP contribution in [-0.4, -0.2) is 16.5 Å². The molecule has 72 valence electrons. The quantitative estimate of drug-likeness (QED) is 0.708. The molecule has 0 saturated carbocycles. The second-order valence-electron chi connectivity index (χ2n) is 5.27. The number of aliphatic hydroxyl groups is 1. The second-order valence-corrected chi connectivity index (χ2v) is 5.27. The Labute approximate surface area is 75.0 Å². The Hall–Kier alpha value is -0.370. The summed E-state index contributed by atoms with van der Waals surface area (Å²) in [6.45, 7) is 9.39. The molecule has 0 aliphatic heterocycles. The van der Waals surface area contributed by atoms with Gasteiger partial charge in [0, 0.05) is 12.8 Å². The van der Waals surface area contributed by atoms with Gasteiger partial charge in [0.25, 0.3) is 0 Å². The van der Waals surface area contributed by atoms with E-state index in [0.29, 0.717) is 6.42 Å². The highest BCUT2D eigenvalue weighted by Gasteiger charge is 2.22. The minimum atomic E-state index is -0.859. The molecular formula is C10H20O2. The summed E-state index contributed by atoms with van der Waals surface area (Å²) in [5, 5.41) is 9.36. The van der Waals surface area contributed by atoms with E-state index in [1.807, 2.05) is 20.8 Å². The highest BCUT2D eigenvalue weighted by molar-refractivity contribution is 5.79. The standard InChI is InChI=1S/C10H20O2/c1-9(2,3)6-8(11)7-10(4,5)12/h12H,6-7H2,1-5H3. The van der Waals surface area contributed by atoms with Crippen LogP contribution in [0.4, 0.5) is 0 Å². The Morgan fingerprint density at radius 1 is 1.08 bits per heavy atom. The summed E-state index contributed by atoms with van der Waals surface area (Å²) < 4.78 is 0. The molecule has 0 amide bonds. The largest absolute Gasteiger partial charge is 0.390 e. The molecule has 0 atom stereocenters. The predicted octanol–water partition coefficient (Wildman–Crippen LogP) is 2.15. The van der Waals surface area contributed by atoms with E-state index < -0.39 is 5.60 Å². The van der Waals surface area contributed by atoms with Crippen LogP contribution in [0.25, 0.3) is 0 Å². The van der Waals surface area contributed by atoms with Crippen molar-refractivity contribution in [1.29, 1.82) is 0 Å². The zero-order valence-electron chi connectivity index (χ0n) is 8.77. The summed E-state index contributed by atoms with van der Waals surface area (Å²) in [7, 11) is 0. The highest BCUT2D eigenvalue weighted by Crippen LogP contribution is 2.21. The molecule has 0 spiro atoms. The first kappa shape index (κ1) is 11.6. The number of carbonyl (C=O) groups excluding carboxylic acids is 1. The van der Waals surface area contributed by atoms with Crippen LogP contribution < -0.4 is 0 Å². The lowest BCUT2D eigenvalue weighted by Crippen LogP contribution is -2.25. The zero-order valence-corrected chi connectivity index (χ0v) is 8.77. The van der Waals surface area contributed by atoms with E-state index in [2.05, 4.69) is 0 Å². The van der Waals surface area contributed by atoms with Crippen molar-refractivity contribution in [3.05, 3.63) is 0 Å². The minimum Gasteiger partial charge on any atom is -0.390 e. The van der Waals surface area contributed by atoms with Crippen LogP contribution in [0, 0.1) is 5.41 Å². The smallest absolute Gasteiger partial charge is 0.136 e. The van der Waals surface area contributed by atoms with Gasteiger partial charge in [0.1, 0.15) is 5.78 Å². The average Bonchev–Trinajstić information content (AvgIpc) is 1.49. The summed E-state index contributed by atoms with van der Waals surface area (Å²) in [5.74, 6) is 0.134. The average molecular weight is 172 g/mol. The summed E-state index contributed by atoms with van der Waals surface area (Å²) in [6, 6.07) is 0. The van der Waals surface area contributed by atoms with Crippen molar-refractivity contribution < 1.29 is 9.90 Å². The number of rotatable bonds is 3. The molecule has 0 rings (SSSR count). The Bertz CT molecular complexity index is 140. The second kappa shape index (κ2) is 3.56. The molecule has 2 heteroatoms. The van der Waals surface area contributed by atoms with Crippen LogP contribution in [0.5, 0.6) is 0 Å². The van der Waals surface area contributed by atoms with Crippen LogP contribution in [0.3, 0.4) is 0 Å². The van der Waals surface area contributed by atoms with Crippen molar-refractivity contribution in [3.8, 4) is 0 Å². The molecular weight excluding hydrogens is 152 g/mol. The zero-order chi connectivity index (χ0) is 9.99. The Balaban J connectivity index is 3.92. The number of ketones is 1. The van der Waals surface area contributed by atoms with Gasteiger partial charge in [-0.15, -0.1) is 0 Å². The topological polar surface area (TPSA) is 37.3 Å². The van der Waals surface area contributed by atoms with Crippen molar-refractivity contribution in [2.24, 2.45) is 5.41 Å². The lowest BCUT2D eigenvalue weighted by molar-refractivity contribution is -0.124. The Kier molecular flexibility index (Phi) is 3.45. The van der Waals surface area contributed by atoms with Crippen LogP contribution in [0.15, 0.2) is 0 Å². The summed E-state index contributed by atoms with van der Waals surface area (Å²) in [5.41, 5.74) is -0.829. The number of hydrogen-bond donors (Lipinski definition) is 1. The van der Waals surface area contributed by atoms with E-state index in [-0.39, 0.29) is 17.6 Å². The van der Waals surface area contributed by atoms with Gasteiger partial charge in [-0.3, -0.25) is 4.79 Å². The Morgan fingerprint density at radius 2 is 1.50 bits per heavy atom. The maximum Gasteiger partial charge on any atom is 0.136 e. The molecule has 0 aliphatic rings. The molecule has 0 aromatic carbocycles. The normalized spacial score (nSPS) is 13.2. The van der Waals surface area contributed by atoms with E-state index in [0.717, 1.165) is 0 Å². The van der Waals surface area contributed by atoms with E-state index in [9.17, 15) is 9.90 Å². The van der Waals surface area contributed by atoms with Gasteiger partial charge in [-0.05, 0) is 19.3 Å². The molecule has 0 heterocycles. The van der Waals surface area contributed by atoms with Gasteiger partial charge in [-0.1, -0.05) is 20.8 Å². The molecule has 1 N–H and O–H groups in total. The van der Waals surface area contributed by atoms with E-state index in [4.69, 9.17) is 0 Å². The van der Waals surface area contributed by atoms with Crippen LogP contribution in [-0.2, 0) is 4.79 Å². The molecule has 0 aliphatic carbocycles. The summed E-state index contributed by atoms with van der Waals surface area (Å²) >= 11 is 0. The molecule has 0 bridgehead atoms. The maximum atomic E-state index is 11.3. The molecule has 12 heavy (non-hydrogen) atoms. The predicted molar refractivity (Wildman–Crippen MR) is 50.0 cm³/mol. The molecule has 0 unspecified atom stereocenters. The number of hydrogen-bond acceptors (Lipinski definition) is 2. The highest BCUT2D eigenvalue weighted by atomic mass is 16.3. The van der Waals surface area contributed by atoms with Crippen molar-refractivity contribution >= 4 is 5.78 Å². The lowest BCUT2D eigenvalue weighted by atomic mass is 9.87. The maximum absolute atomic E-state index is 11.3. The third kappa shape index (κ3) is 7.73. The number of Topliss-reactive ketones (excluding diaryl/α,β-unsaturated/α-hetero) is 1. The first-order chi connectivity index (χ1) is 5.10. The number of carbonyl (C=O) groups is 1. The van der Waals surface area contributed by atoms with Gasteiger partial charge >= 0.3 is 0 Å². The van der Waals surface area contributed by atoms with Crippen molar-refractivity contribution in [2.75, 3.05) is 0 Å². The first-order valence-corrected chi connectivity index (χ1v) is 4.34. The van der Waals surface area contributed by atoms with Gasteiger partial charge in [-0.2, -0.15) is 0 Å². The lowest BCUT2D eigenvalue weighted by Gasteiger charge is -2.20. The van der Waals surface area contributed by atoms with Crippen LogP contribution in [0.1, 0.15) is 47.5 Å². The first-order valence-electron chi connectivity index (χ1n) is 4.34. The minimum absolute atomic E-state index is 0.0301. The van der Waals surface area contributed by atoms with E-state index in [1.54, 1.807) is 13.8 Å². The van der Waals surface area contributed by atoms with E-state index in [1.165, 1.54) is 0 Å². The molecule has 0 saturated heterocycles. The summed E-state index contributed by atoms with van der Waals surface area (Å²) in [6.07, 6.45) is 0.793. The van der Waals surface area contributed by atoms with Gasteiger partial charge in [0.15, 0.2) is 0 Å². The van der Waals surface area contributed by atoms with Crippen molar-refractivity contribution in [3.63, 3.8) is 0 Å². The molecule has 0 aromatic rings.